The first-order valence-corrected chi connectivity index (χ1v) is 8.72. The summed E-state index contributed by atoms with van der Waals surface area (Å²) in [6.07, 6.45) is 5.74. The maximum absolute atomic E-state index is 11.3. The quantitative estimate of drug-likeness (QED) is 0.435. The lowest BCUT2D eigenvalue weighted by Crippen LogP contribution is -2.25. The highest BCUT2D eigenvalue weighted by molar-refractivity contribution is 7.90. The topological polar surface area (TPSA) is 118 Å². The van der Waals surface area contributed by atoms with Crippen LogP contribution in [0.2, 0.25) is 0 Å². The average molecular weight is 338 g/mol. The molecule has 8 nitrogen and oxygen atoms in total. The summed E-state index contributed by atoms with van der Waals surface area (Å²) < 4.78 is 27.9. The van der Waals surface area contributed by atoms with Gasteiger partial charge >= 0.3 is 0 Å². The van der Waals surface area contributed by atoms with Gasteiger partial charge in [0.2, 0.25) is 20.9 Å². The van der Waals surface area contributed by atoms with Crippen molar-refractivity contribution in [2.75, 3.05) is 12.8 Å². The van der Waals surface area contributed by atoms with E-state index in [1.165, 1.54) is 18.7 Å². The fourth-order valence-electron chi connectivity index (χ4n) is 1.65. The Morgan fingerprint density at radius 3 is 2.65 bits per heavy atom. The third-order valence-corrected chi connectivity index (χ3v) is 3.92. The summed E-state index contributed by atoms with van der Waals surface area (Å²) in [5, 5.41) is 12.6. The standard InChI is InChI=1S/C14H18N4O4S/c1-4-9(2)5-15-12(19)11-8-22-13(18-11)10-6-16-14(17-7-10)23(3,20)21/h4,6-9,12,15,19H,1,5H2,2-3H3. The largest absolute Gasteiger partial charge is 0.444 e. The van der Waals surface area contributed by atoms with E-state index in [-0.39, 0.29) is 17.0 Å². The van der Waals surface area contributed by atoms with Gasteiger partial charge in [0.05, 0.1) is 5.56 Å². The van der Waals surface area contributed by atoms with E-state index < -0.39 is 16.1 Å². The van der Waals surface area contributed by atoms with Crippen molar-refractivity contribution in [1.82, 2.24) is 20.3 Å². The Morgan fingerprint density at radius 2 is 2.09 bits per heavy atom. The molecule has 2 heterocycles. The van der Waals surface area contributed by atoms with Crippen LogP contribution in [0.1, 0.15) is 18.8 Å². The first-order chi connectivity index (χ1) is 10.8. The number of aliphatic hydroxyl groups excluding tert-OH is 1. The Balaban J connectivity index is 2.11. The number of aromatic nitrogens is 3. The molecule has 0 aromatic carbocycles. The highest BCUT2D eigenvalue weighted by atomic mass is 32.2. The Bertz CT molecular complexity index is 770. The van der Waals surface area contributed by atoms with Gasteiger partial charge in [0.15, 0.2) is 6.23 Å². The van der Waals surface area contributed by atoms with Crippen LogP contribution < -0.4 is 5.32 Å². The molecular weight excluding hydrogens is 320 g/mol. The fourth-order valence-corrected chi connectivity index (χ4v) is 2.14. The maximum atomic E-state index is 11.3. The summed E-state index contributed by atoms with van der Waals surface area (Å²) in [6, 6.07) is 0. The Kier molecular flexibility index (Phi) is 5.24. The summed E-state index contributed by atoms with van der Waals surface area (Å²) in [4.78, 5) is 11.7. The molecule has 0 radical (unpaired) electrons. The van der Waals surface area contributed by atoms with Crippen LogP contribution in [0.15, 0.2) is 40.9 Å². The van der Waals surface area contributed by atoms with Gasteiger partial charge in [-0.05, 0) is 5.92 Å². The molecule has 2 rings (SSSR count). The summed E-state index contributed by atoms with van der Waals surface area (Å²) >= 11 is 0. The van der Waals surface area contributed by atoms with Crippen LogP contribution in [-0.4, -0.2) is 41.3 Å². The predicted octanol–water partition coefficient (Wildman–Crippen LogP) is 0.938. The molecule has 0 bridgehead atoms. The van der Waals surface area contributed by atoms with Gasteiger partial charge in [-0.25, -0.2) is 23.4 Å². The molecule has 0 saturated heterocycles. The van der Waals surface area contributed by atoms with Gasteiger partial charge in [-0.3, -0.25) is 5.32 Å². The molecule has 9 heteroatoms. The Hall–Kier alpha value is -2.10. The van der Waals surface area contributed by atoms with E-state index in [9.17, 15) is 13.5 Å². The molecule has 0 aliphatic carbocycles. The first-order valence-electron chi connectivity index (χ1n) is 6.83. The van der Waals surface area contributed by atoms with E-state index in [1.807, 2.05) is 6.92 Å². The van der Waals surface area contributed by atoms with Crippen LogP contribution >= 0.6 is 0 Å². The van der Waals surface area contributed by atoms with Gasteiger partial charge in [0, 0.05) is 25.2 Å². The molecule has 2 unspecified atom stereocenters. The summed E-state index contributed by atoms with van der Waals surface area (Å²) in [5.41, 5.74) is 0.721. The van der Waals surface area contributed by atoms with Crippen LogP contribution in [0.4, 0.5) is 0 Å². The fraction of sp³-hybridized carbons (Fsp3) is 0.357. The molecule has 0 amide bonds. The lowest BCUT2D eigenvalue weighted by atomic mass is 10.2. The van der Waals surface area contributed by atoms with Crippen LogP contribution in [0.25, 0.3) is 11.5 Å². The average Bonchev–Trinajstić information content (AvgIpc) is 3.01. The van der Waals surface area contributed by atoms with Crippen molar-refractivity contribution in [3.63, 3.8) is 0 Å². The van der Waals surface area contributed by atoms with Gasteiger partial charge in [-0.1, -0.05) is 13.0 Å². The lowest BCUT2D eigenvalue weighted by molar-refractivity contribution is 0.131. The van der Waals surface area contributed by atoms with E-state index in [4.69, 9.17) is 4.42 Å². The monoisotopic (exact) mass is 338 g/mol. The second-order valence-electron chi connectivity index (χ2n) is 5.13. The molecule has 23 heavy (non-hydrogen) atoms. The zero-order valence-electron chi connectivity index (χ0n) is 12.8. The number of nitrogens with zero attached hydrogens (tertiary/aromatic N) is 3. The molecule has 0 aliphatic rings. The number of nitrogens with one attached hydrogen (secondary N) is 1. The van der Waals surface area contributed by atoms with Crippen molar-refractivity contribution in [3.8, 4) is 11.5 Å². The van der Waals surface area contributed by atoms with Crippen molar-refractivity contribution in [3.05, 3.63) is 37.0 Å². The van der Waals surface area contributed by atoms with Crippen LogP contribution in [0, 0.1) is 5.92 Å². The van der Waals surface area contributed by atoms with Crippen molar-refractivity contribution in [1.29, 1.82) is 0 Å². The minimum Gasteiger partial charge on any atom is -0.444 e. The van der Waals surface area contributed by atoms with Crippen molar-refractivity contribution >= 4 is 9.84 Å². The predicted molar refractivity (Wildman–Crippen MR) is 83.0 cm³/mol. The SMILES string of the molecule is C=CC(C)CNC(O)c1coc(-c2cnc(S(C)(=O)=O)nc2)n1. The molecular formula is C14H18N4O4S. The van der Waals surface area contributed by atoms with Gasteiger partial charge in [0.1, 0.15) is 12.0 Å². The van der Waals surface area contributed by atoms with Crippen molar-refractivity contribution in [2.24, 2.45) is 5.92 Å². The molecule has 0 aliphatic heterocycles. The maximum Gasteiger partial charge on any atom is 0.246 e. The smallest absolute Gasteiger partial charge is 0.246 e. The minimum atomic E-state index is -3.46. The summed E-state index contributed by atoms with van der Waals surface area (Å²) in [6.45, 7) is 6.17. The molecule has 2 N–H and O–H groups in total. The van der Waals surface area contributed by atoms with E-state index >= 15 is 0 Å². The molecule has 2 aromatic rings. The Morgan fingerprint density at radius 1 is 1.43 bits per heavy atom. The number of hydrogen-bond donors (Lipinski definition) is 2. The van der Waals surface area contributed by atoms with Crippen LogP contribution in [-0.2, 0) is 9.84 Å². The second kappa shape index (κ2) is 6.99. The highest BCUT2D eigenvalue weighted by Gasteiger charge is 2.16. The van der Waals surface area contributed by atoms with Gasteiger partial charge in [-0.15, -0.1) is 6.58 Å². The molecule has 0 saturated carbocycles. The van der Waals surface area contributed by atoms with E-state index in [0.717, 1.165) is 6.26 Å². The Labute approximate surface area is 134 Å². The molecule has 0 fully saturated rings. The highest BCUT2D eigenvalue weighted by Crippen LogP contribution is 2.20. The molecule has 124 valence electrons. The van der Waals surface area contributed by atoms with E-state index in [2.05, 4.69) is 26.8 Å². The summed E-state index contributed by atoms with van der Waals surface area (Å²) in [7, 11) is -3.46. The minimum absolute atomic E-state index is 0.192. The number of hydrogen-bond acceptors (Lipinski definition) is 8. The third-order valence-electron chi connectivity index (χ3n) is 3.04. The van der Waals surface area contributed by atoms with E-state index in [1.54, 1.807) is 6.08 Å². The molecule has 2 atom stereocenters. The number of sulfone groups is 1. The normalized spacial score (nSPS) is 14.4. The summed E-state index contributed by atoms with van der Waals surface area (Å²) in [5.74, 6) is 0.394. The number of rotatable bonds is 7. The van der Waals surface area contributed by atoms with Crippen LogP contribution in [0.5, 0.6) is 0 Å². The van der Waals surface area contributed by atoms with Gasteiger partial charge < -0.3 is 9.52 Å². The lowest BCUT2D eigenvalue weighted by Gasteiger charge is -2.12. The number of oxazole rings is 1. The van der Waals surface area contributed by atoms with Crippen LogP contribution in [0.3, 0.4) is 0 Å². The van der Waals surface area contributed by atoms with Gasteiger partial charge in [-0.2, -0.15) is 0 Å². The third kappa shape index (κ3) is 4.44. The van der Waals surface area contributed by atoms with Crippen molar-refractivity contribution < 1.29 is 17.9 Å². The zero-order valence-corrected chi connectivity index (χ0v) is 13.6. The first kappa shape index (κ1) is 17.3. The zero-order chi connectivity index (χ0) is 17.0. The molecule has 0 spiro atoms. The number of aliphatic hydroxyl groups is 1. The second-order valence-corrected chi connectivity index (χ2v) is 7.04. The van der Waals surface area contributed by atoms with Gasteiger partial charge in [0.25, 0.3) is 0 Å². The van der Waals surface area contributed by atoms with E-state index in [0.29, 0.717) is 17.8 Å². The molecule has 2 aromatic heterocycles. The van der Waals surface area contributed by atoms with Crippen molar-refractivity contribution in [2.45, 2.75) is 18.3 Å².